The lowest BCUT2D eigenvalue weighted by molar-refractivity contribution is 0.204. The molecule has 1 unspecified atom stereocenters. The number of hydrogen-bond donors (Lipinski definition) is 1. The SMILES string of the molecule is Cc1ccc(CC2CN=C(C3CCNCC3)O2)cc1. The zero-order chi connectivity index (χ0) is 13.1. The van der Waals surface area contributed by atoms with Crippen LogP contribution in [0, 0.1) is 12.8 Å². The maximum absolute atomic E-state index is 6.06. The molecule has 1 fully saturated rings. The molecule has 2 aliphatic heterocycles. The first-order chi connectivity index (χ1) is 9.31. The van der Waals surface area contributed by atoms with Crippen molar-refractivity contribution in [3.63, 3.8) is 0 Å². The fourth-order valence-corrected chi connectivity index (χ4v) is 2.82. The molecule has 1 atom stereocenters. The summed E-state index contributed by atoms with van der Waals surface area (Å²) >= 11 is 0. The first-order valence-electron chi connectivity index (χ1n) is 7.28. The number of aryl methyl sites for hydroxylation is 1. The van der Waals surface area contributed by atoms with Crippen molar-refractivity contribution in [2.24, 2.45) is 10.9 Å². The van der Waals surface area contributed by atoms with E-state index in [4.69, 9.17) is 4.74 Å². The molecule has 1 aromatic carbocycles. The Morgan fingerprint density at radius 3 is 2.68 bits per heavy atom. The molecule has 19 heavy (non-hydrogen) atoms. The van der Waals surface area contributed by atoms with E-state index in [0.29, 0.717) is 5.92 Å². The topological polar surface area (TPSA) is 33.6 Å². The molecule has 3 heteroatoms. The van der Waals surface area contributed by atoms with Crippen molar-refractivity contribution >= 4 is 5.90 Å². The minimum Gasteiger partial charge on any atom is -0.475 e. The van der Waals surface area contributed by atoms with Gasteiger partial charge in [0, 0.05) is 12.3 Å². The van der Waals surface area contributed by atoms with Gasteiger partial charge in [0.15, 0.2) is 5.90 Å². The summed E-state index contributed by atoms with van der Waals surface area (Å²) in [6.45, 7) is 5.13. The third-order valence-electron chi connectivity index (χ3n) is 4.01. The van der Waals surface area contributed by atoms with Crippen molar-refractivity contribution < 1.29 is 4.74 Å². The van der Waals surface area contributed by atoms with Gasteiger partial charge in [-0.3, -0.25) is 4.99 Å². The number of benzene rings is 1. The van der Waals surface area contributed by atoms with E-state index in [1.807, 2.05) is 0 Å². The van der Waals surface area contributed by atoms with Crippen molar-refractivity contribution in [2.75, 3.05) is 19.6 Å². The lowest BCUT2D eigenvalue weighted by atomic mass is 9.98. The third-order valence-corrected chi connectivity index (χ3v) is 4.01. The summed E-state index contributed by atoms with van der Waals surface area (Å²) in [5, 5.41) is 3.38. The predicted molar refractivity (Wildman–Crippen MR) is 77.7 cm³/mol. The van der Waals surface area contributed by atoms with Crippen LogP contribution in [0.4, 0.5) is 0 Å². The zero-order valence-corrected chi connectivity index (χ0v) is 11.6. The molecule has 0 radical (unpaired) electrons. The van der Waals surface area contributed by atoms with Gasteiger partial charge in [0.2, 0.25) is 0 Å². The zero-order valence-electron chi connectivity index (χ0n) is 11.6. The van der Waals surface area contributed by atoms with Crippen LogP contribution in [0.15, 0.2) is 29.3 Å². The molecule has 0 spiro atoms. The normalized spacial score (nSPS) is 24.1. The first-order valence-corrected chi connectivity index (χ1v) is 7.28. The molecule has 0 aliphatic carbocycles. The summed E-state index contributed by atoms with van der Waals surface area (Å²) in [6, 6.07) is 8.72. The quantitative estimate of drug-likeness (QED) is 0.903. The Morgan fingerprint density at radius 1 is 1.21 bits per heavy atom. The van der Waals surface area contributed by atoms with Crippen LogP contribution >= 0.6 is 0 Å². The Kier molecular flexibility index (Phi) is 3.83. The van der Waals surface area contributed by atoms with Crippen LogP contribution in [0.3, 0.4) is 0 Å². The summed E-state index contributed by atoms with van der Waals surface area (Å²) in [6.07, 6.45) is 3.54. The Labute approximate surface area is 115 Å². The predicted octanol–water partition coefficient (Wildman–Crippen LogP) is 2.33. The highest BCUT2D eigenvalue weighted by atomic mass is 16.5. The van der Waals surface area contributed by atoms with Gasteiger partial charge in [-0.15, -0.1) is 0 Å². The minimum absolute atomic E-state index is 0.243. The van der Waals surface area contributed by atoms with Crippen LogP contribution in [-0.4, -0.2) is 31.6 Å². The van der Waals surface area contributed by atoms with Crippen LogP contribution in [0.2, 0.25) is 0 Å². The van der Waals surface area contributed by atoms with Crippen LogP contribution < -0.4 is 5.32 Å². The van der Waals surface area contributed by atoms with Gasteiger partial charge >= 0.3 is 0 Å². The largest absolute Gasteiger partial charge is 0.475 e. The molecule has 3 rings (SSSR count). The highest BCUT2D eigenvalue weighted by molar-refractivity contribution is 5.80. The van der Waals surface area contributed by atoms with Gasteiger partial charge < -0.3 is 10.1 Å². The van der Waals surface area contributed by atoms with Gasteiger partial charge in [0.05, 0.1) is 6.54 Å². The molecule has 1 aromatic rings. The van der Waals surface area contributed by atoms with Gasteiger partial charge in [0.25, 0.3) is 0 Å². The molecule has 0 saturated carbocycles. The first kappa shape index (κ1) is 12.7. The molecule has 0 bridgehead atoms. The number of aliphatic imine (C=N–C) groups is 1. The van der Waals surface area contributed by atoms with Crippen LogP contribution in [0.5, 0.6) is 0 Å². The van der Waals surface area contributed by atoms with Crippen molar-refractivity contribution in [2.45, 2.75) is 32.3 Å². The molecule has 2 heterocycles. The molecule has 102 valence electrons. The number of nitrogens with one attached hydrogen (secondary N) is 1. The van der Waals surface area contributed by atoms with E-state index in [9.17, 15) is 0 Å². The highest BCUT2D eigenvalue weighted by Gasteiger charge is 2.27. The van der Waals surface area contributed by atoms with Gasteiger partial charge in [-0.2, -0.15) is 0 Å². The van der Waals surface area contributed by atoms with Crippen molar-refractivity contribution in [1.82, 2.24) is 5.32 Å². The van der Waals surface area contributed by atoms with E-state index in [-0.39, 0.29) is 6.10 Å². The maximum atomic E-state index is 6.06. The fourth-order valence-electron chi connectivity index (χ4n) is 2.82. The summed E-state index contributed by atoms with van der Waals surface area (Å²) in [4.78, 5) is 4.62. The van der Waals surface area contributed by atoms with Crippen molar-refractivity contribution in [3.05, 3.63) is 35.4 Å². The average Bonchev–Trinajstić information content (AvgIpc) is 2.91. The number of rotatable bonds is 3. The van der Waals surface area contributed by atoms with E-state index in [1.54, 1.807) is 0 Å². The number of hydrogen-bond acceptors (Lipinski definition) is 3. The molecule has 1 N–H and O–H groups in total. The standard InChI is InChI=1S/C16H22N2O/c1-12-2-4-13(5-3-12)10-15-11-18-16(19-15)14-6-8-17-9-7-14/h2-5,14-15,17H,6-11H2,1H3. The van der Waals surface area contributed by atoms with Gasteiger partial charge in [-0.05, 0) is 38.4 Å². The van der Waals surface area contributed by atoms with Crippen LogP contribution in [0.25, 0.3) is 0 Å². The highest BCUT2D eigenvalue weighted by Crippen LogP contribution is 2.21. The number of piperidine rings is 1. The molecular weight excluding hydrogens is 236 g/mol. The molecular formula is C16H22N2O. The molecule has 2 aliphatic rings. The molecule has 3 nitrogen and oxygen atoms in total. The van der Waals surface area contributed by atoms with Crippen molar-refractivity contribution in [1.29, 1.82) is 0 Å². The Morgan fingerprint density at radius 2 is 1.95 bits per heavy atom. The second-order valence-electron chi connectivity index (χ2n) is 5.63. The minimum atomic E-state index is 0.243. The number of ether oxygens (including phenoxy) is 1. The van der Waals surface area contributed by atoms with Crippen LogP contribution in [0.1, 0.15) is 24.0 Å². The Bertz CT molecular complexity index is 446. The summed E-state index contributed by atoms with van der Waals surface area (Å²) < 4.78 is 6.06. The molecule has 1 saturated heterocycles. The van der Waals surface area contributed by atoms with Gasteiger partial charge in [-0.25, -0.2) is 0 Å². The van der Waals surface area contributed by atoms with E-state index in [0.717, 1.165) is 44.8 Å². The summed E-state index contributed by atoms with van der Waals surface area (Å²) in [5.74, 6) is 1.56. The van der Waals surface area contributed by atoms with E-state index < -0.39 is 0 Å². The maximum Gasteiger partial charge on any atom is 0.187 e. The van der Waals surface area contributed by atoms with E-state index >= 15 is 0 Å². The average molecular weight is 258 g/mol. The smallest absolute Gasteiger partial charge is 0.187 e. The molecule has 0 amide bonds. The van der Waals surface area contributed by atoms with Gasteiger partial charge in [-0.1, -0.05) is 29.8 Å². The summed E-state index contributed by atoms with van der Waals surface area (Å²) in [5.41, 5.74) is 2.65. The third kappa shape index (κ3) is 3.16. The second kappa shape index (κ2) is 5.74. The number of nitrogens with zero attached hydrogens (tertiary/aromatic N) is 1. The molecule has 0 aromatic heterocycles. The monoisotopic (exact) mass is 258 g/mol. The fraction of sp³-hybridized carbons (Fsp3) is 0.562. The van der Waals surface area contributed by atoms with Crippen molar-refractivity contribution in [3.8, 4) is 0 Å². The van der Waals surface area contributed by atoms with Crippen LogP contribution in [-0.2, 0) is 11.2 Å². The lowest BCUT2D eigenvalue weighted by Gasteiger charge is -2.23. The second-order valence-corrected chi connectivity index (χ2v) is 5.63. The van der Waals surface area contributed by atoms with E-state index in [1.165, 1.54) is 11.1 Å². The lowest BCUT2D eigenvalue weighted by Crippen LogP contribution is -2.32. The van der Waals surface area contributed by atoms with Gasteiger partial charge in [0.1, 0.15) is 6.10 Å². The van der Waals surface area contributed by atoms with E-state index in [2.05, 4.69) is 41.5 Å². The Hall–Kier alpha value is -1.35. The summed E-state index contributed by atoms with van der Waals surface area (Å²) in [7, 11) is 0. The Balaban J connectivity index is 1.54.